The van der Waals surface area contributed by atoms with E-state index >= 15 is 0 Å². The molecule has 0 bridgehead atoms. The molecular weight excluding hydrogens is 180 g/mol. The first-order valence-electron chi connectivity index (χ1n) is 3.72. The quantitative estimate of drug-likeness (QED) is 0.539. The van der Waals surface area contributed by atoms with Crippen molar-refractivity contribution < 1.29 is 12.9 Å². The smallest absolute Gasteiger partial charge is 0.284 e. The molecule has 11 heavy (non-hydrogen) atoms. The molecule has 0 amide bonds. The molecule has 1 atom stereocenters. The summed E-state index contributed by atoms with van der Waals surface area (Å²) in [6.07, 6.45) is 1.60. The first kappa shape index (κ1) is 11.3. The highest BCUT2D eigenvalue weighted by Crippen LogP contribution is 2.11. The summed E-state index contributed by atoms with van der Waals surface area (Å²) < 4.78 is 23.2. The Bertz CT molecular complexity index is 138. The summed E-state index contributed by atoms with van der Waals surface area (Å²) in [5.41, 5.74) is 0. The third kappa shape index (κ3) is 6.68. The Morgan fingerprint density at radius 3 is 2.45 bits per heavy atom. The van der Waals surface area contributed by atoms with Gasteiger partial charge in [-0.2, -0.15) is 4.21 Å². The Morgan fingerprint density at radius 1 is 1.55 bits per heavy atom. The lowest BCUT2D eigenvalue weighted by Crippen LogP contribution is -2.32. The van der Waals surface area contributed by atoms with E-state index in [1.165, 1.54) is 0 Å². The Hall–Kier alpha value is 0.287. The largest absolute Gasteiger partial charge is 0.301 e. The van der Waals surface area contributed by atoms with Crippen molar-refractivity contribution in [3.63, 3.8) is 0 Å². The highest BCUT2D eigenvalue weighted by molar-refractivity contribution is 7.74. The third-order valence-corrected chi connectivity index (χ3v) is 4.79. The maximum atomic E-state index is 10.2. The molecule has 68 valence electrons. The van der Waals surface area contributed by atoms with Crippen molar-refractivity contribution in [1.82, 2.24) is 0 Å². The first-order chi connectivity index (χ1) is 4.98. The minimum absolute atomic E-state index is 0.476. The highest BCUT2D eigenvalue weighted by atomic mass is 32.2. The van der Waals surface area contributed by atoms with Gasteiger partial charge in [-0.1, -0.05) is 32.5 Å². The molecular formula is C6H16O3SSi. The number of hydrogen-bond donors (Lipinski definition) is 1. The van der Waals surface area contributed by atoms with Crippen molar-refractivity contribution in [2.24, 2.45) is 0 Å². The van der Waals surface area contributed by atoms with Gasteiger partial charge >= 0.3 is 11.4 Å². The molecule has 0 aliphatic carbocycles. The van der Waals surface area contributed by atoms with Gasteiger partial charge in [0.15, 0.2) is 0 Å². The van der Waals surface area contributed by atoms with E-state index in [0.29, 0.717) is 6.23 Å². The second-order valence-corrected chi connectivity index (χ2v) is 9.18. The molecule has 0 fully saturated rings. The maximum absolute atomic E-state index is 10.2. The van der Waals surface area contributed by atoms with Crippen LogP contribution < -0.4 is 0 Å². The average molecular weight is 196 g/mol. The van der Waals surface area contributed by atoms with E-state index in [0.717, 1.165) is 12.5 Å². The van der Waals surface area contributed by atoms with Crippen LogP contribution in [0.4, 0.5) is 0 Å². The van der Waals surface area contributed by atoms with E-state index < -0.39 is 19.4 Å². The van der Waals surface area contributed by atoms with Gasteiger partial charge in [0.2, 0.25) is 0 Å². The van der Waals surface area contributed by atoms with Crippen LogP contribution in [0.2, 0.25) is 19.1 Å². The summed E-state index contributed by atoms with van der Waals surface area (Å²) in [7, 11) is -1.34. The fraction of sp³-hybridized carbons (Fsp3) is 1.00. The van der Waals surface area contributed by atoms with Crippen molar-refractivity contribution in [2.75, 3.05) is 6.23 Å². The summed E-state index contributed by atoms with van der Waals surface area (Å²) in [5.74, 6) is 0. The summed E-state index contributed by atoms with van der Waals surface area (Å²) in [6, 6.07) is 1.14. The minimum atomic E-state index is -2.08. The van der Waals surface area contributed by atoms with Gasteiger partial charge in [0.1, 0.15) is 0 Å². The molecule has 0 saturated carbocycles. The molecule has 0 aliphatic rings. The zero-order valence-electron chi connectivity index (χ0n) is 7.29. The van der Waals surface area contributed by atoms with Gasteiger partial charge in [-0.05, 0) is 0 Å². The third-order valence-electron chi connectivity index (χ3n) is 1.48. The summed E-state index contributed by atoms with van der Waals surface area (Å²) in [5, 5.41) is 0. The molecule has 0 rings (SSSR count). The van der Waals surface area contributed by atoms with Crippen LogP contribution in [0.15, 0.2) is 0 Å². The van der Waals surface area contributed by atoms with E-state index in [2.05, 4.69) is 24.2 Å². The second kappa shape index (κ2) is 5.03. The zero-order valence-corrected chi connectivity index (χ0v) is 9.11. The van der Waals surface area contributed by atoms with E-state index in [4.69, 9.17) is 4.55 Å². The maximum Gasteiger partial charge on any atom is 0.301 e. The molecule has 0 aromatic carbocycles. The van der Waals surface area contributed by atoms with Crippen molar-refractivity contribution in [1.29, 1.82) is 0 Å². The van der Waals surface area contributed by atoms with Crippen LogP contribution in [0.25, 0.3) is 0 Å². The minimum Gasteiger partial charge on any atom is -0.284 e. The van der Waals surface area contributed by atoms with Gasteiger partial charge < -0.3 is 0 Å². The standard InChI is InChI=1S/C6H16O3SSi/c1-4-5-11(2,3)6-9-10(7)8/h4-6H2,1-3H3,(H,7,8). The van der Waals surface area contributed by atoms with Crippen LogP contribution >= 0.6 is 0 Å². The summed E-state index contributed by atoms with van der Waals surface area (Å²) in [4.78, 5) is 0. The molecule has 3 nitrogen and oxygen atoms in total. The molecule has 0 aliphatic heterocycles. The van der Waals surface area contributed by atoms with Crippen LogP contribution in [0.5, 0.6) is 0 Å². The Kier molecular flexibility index (Phi) is 5.16. The fourth-order valence-electron chi connectivity index (χ4n) is 0.959. The van der Waals surface area contributed by atoms with Gasteiger partial charge in [-0.15, -0.1) is 0 Å². The van der Waals surface area contributed by atoms with Crippen molar-refractivity contribution in [3.8, 4) is 0 Å². The van der Waals surface area contributed by atoms with Crippen molar-refractivity contribution >= 4 is 19.4 Å². The van der Waals surface area contributed by atoms with Gasteiger partial charge in [0.25, 0.3) is 0 Å². The lowest BCUT2D eigenvalue weighted by Gasteiger charge is -2.19. The molecule has 0 spiro atoms. The SMILES string of the molecule is CCC[Si](C)(C)COS(=O)O. The van der Waals surface area contributed by atoms with Crippen LogP contribution in [-0.2, 0) is 15.5 Å². The normalized spacial score (nSPS) is 14.9. The van der Waals surface area contributed by atoms with Crippen molar-refractivity contribution in [3.05, 3.63) is 0 Å². The van der Waals surface area contributed by atoms with E-state index in [1.807, 2.05) is 0 Å². The summed E-state index contributed by atoms with van der Waals surface area (Å²) >= 11 is -2.08. The fourth-order valence-corrected chi connectivity index (χ4v) is 4.14. The predicted octanol–water partition coefficient (Wildman–Crippen LogP) is 1.80. The molecule has 0 saturated heterocycles. The average Bonchev–Trinajstić information content (AvgIpc) is 1.84. The molecule has 0 heterocycles. The topological polar surface area (TPSA) is 46.5 Å². The second-order valence-electron chi connectivity index (χ2n) is 3.39. The van der Waals surface area contributed by atoms with Gasteiger partial charge in [-0.25, -0.2) is 0 Å². The van der Waals surface area contributed by atoms with Crippen LogP contribution in [0.1, 0.15) is 13.3 Å². The molecule has 0 radical (unpaired) electrons. The molecule has 0 aromatic rings. The van der Waals surface area contributed by atoms with Crippen LogP contribution in [0, 0.1) is 0 Å². The molecule has 0 aromatic heterocycles. The van der Waals surface area contributed by atoms with Crippen molar-refractivity contribution in [2.45, 2.75) is 32.5 Å². The van der Waals surface area contributed by atoms with Crippen LogP contribution in [-0.4, -0.2) is 23.1 Å². The Morgan fingerprint density at radius 2 is 2.09 bits per heavy atom. The number of rotatable bonds is 5. The van der Waals surface area contributed by atoms with Gasteiger partial charge in [-0.3, -0.25) is 8.74 Å². The zero-order chi connectivity index (χ0) is 8.91. The summed E-state index contributed by atoms with van der Waals surface area (Å²) in [6.45, 7) is 6.43. The molecule has 1 N–H and O–H groups in total. The molecule has 5 heteroatoms. The number of hydrogen-bond acceptors (Lipinski definition) is 2. The first-order valence-corrected chi connectivity index (χ1v) is 8.16. The lowest BCUT2D eigenvalue weighted by molar-refractivity contribution is 0.352. The monoisotopic (exact) mass is 196 g/mol. The van der Waals surface area contributed by atoms with E-state index in [1.54, 1.807) is 0 Å². The molecule has 1 unspecified atom stereocenters. The Balaban J connectivity index is 3.63. The lowest BCUT2D eigenvalue weighted by atomic mass is 10.6. The van der Waals surface area contributed by atoms with Gasteiger partial charge in [0.05, 0.1) is 14.3 Å². The van der Waals surface area contributed by atoms with E-state index in [9.17, 15) is 4.21 Å². The van der Waals surface area contributed by atoms with Crippen LogP contribution in [0.3, 0.4) is 0 Å². The predicted molar refractivity (Wildman–Crippen MR) is 49.3 cm³/mol. The van der Waals surface area contributed by atoms with E-state index in [-0.39, 0.29) is 0 Å². The highest BCUT2D eigenvalue weighted by Gasteiger charge is 2.20. The van der Waals surface area contributed by atoms with Gasteiger partial charge in [0, 0.05) is 0 Å². The Labute approximate surface area is 71.6 Å².